The first-order chi connectivity index (χ1) is 9.94. The SMILES string of the molecule is O=S(=O)(NCC1CCCCC1CCl)c1ccc(Cl)c(Cl)c1. The summed E-state index contributed by atoms with van der Waals surface area (Å²) in [5.41, 5.74) is 0. The van der Waals surface area contributed by atoms with Gasteiger partial charge in [0.1, 0.15) is 0 Å². The van der Waals surface area contributed by atoms with Gasteiger partial charge in [-0.05, 0) is 42.9 Å². The molecule has 2 rings (SSSR count). The molecule has 1 aliphatic rings. The van der Waals surface area contributed by atoms with Crippen LogP contribution in [0.4, 0.5) is 0 Å². The van der Waals surface area contributed by atoms with Crippen LogP contribution < -0.4 is 4.72 Å². The van der Waals surface area contributed by atoms with Gasteiger partial charge in [0.25, 0.3) is 0 Å². The molecule has 1 aliphatic carbocycles. The second-order valence-electron chi connectivity index (χ2n) is 5.39. The van der Waals surface area contributed by atoms with E-state index in [-0.39, 0.29) is 9.92 Å². The van der Waals surface area contributed by atoms with E-state index in [1.807, 2.05) is 0 Å². The molecule has 3 nitrogen and oxygen atoms in total. The van der Waals surface area contributed by atoms with Crippen molar-refractivity contribution in [1.29, 1.82) is 0 Å². The van der Waals surface area contributed by atoms with Gasteiger partial charge in [-0.3, -0.25) is 0 Å². The van der Waals surface area contributed by atoms with Crippen molar-refractivity contribution in [3.05, 3.63) is 28.2 Å². The molecule has 0 heterocycles. The molecule has 2 unspecified atom stereocenters. The summed E-state index contributed by atoms with van der Waals surface area (Å²) in [5, 5.41) is 0.570. The number of halogens is 3. The lowest BCUT2D eigenvalue weighted by Crippen LogP contribution is -2.34. The molecule has 1 aromatic rings. The summed E-state index contributed by atoms with van der Waals surface area (Å²) in [5.74, 6) is 1.27. The molecule has 21 heavy (non-hydrogen) atoms. The number of nitrogens with one attached hydrogen (secondary N) is 1. The third-order valence-electron chi connectivity index (χ3n) is 4.00. The zero-order valence-electron chi connectivity index (χ0n) is 11.5. The molecular formula is C14H18Cl3NO2S. The van der Waals surface area contributed by atoms with Crippen LogP contribution in [0.2, 0.25) is 10.0 Å². The molecule has 0 radical (unpaired) electrons. The van der Waals surface area contributed by atoms with Crippen LogP contribution in [0.25, 0.3) is 0 Å². The first-order valence-electron chi connectivity index (χ1n) is 6.94. The van der Waals surface area contributed by atoms with E-state index in [0.29, 0.717) is 29.3 Å². The molecule has 0 amide bonds. The minimum Gasteiger partial charge on any atom is -0.211 e. The van der Waals surface area contributed by atoms with Crippen molar-refractivity contribution >= 4 is 44.8 Å². The fourth-order valence-electron chi connectivity index (χ4n) is 2.70. The van der Waals surface area contributed by atoms with E-state index < -0.39 is 10.0 Å². The number of benzene rings is 1. The highest BCUT2D eigenvalue weighted by molar-refractivity contribution is 7.89. The first kappa shape index (κ1) is 17.4. The molecule has 0 spiro atoms. The average Bonchev–Trinajstić information content (AvgIpc) is 2.48. The number of hydrogen-bond donors (Lipinski definition) is 1. The van der Waals surface area contributed by atoms with Crippen molar-refractivity contribution in [2.24, 2.45) is 11.8 Å². The van der Waals surface area contributed by atoms with Gasteiger partial charge in [0, 0.05) is 12.4 Å². The van der Waals surface area contributed by atoms with Gasteiger partial charge < -0.3 is 0 Å². The molecule has 7 heteroatoms. The lowest BCUT2D eigenvalue weighted by molar-refractivity contribution is 0.260. The Hall–Kier alpha value is -0.000000000000000111. The van der Waals surface area contributed by atoms with Crippen LogP contribution in [-0.2, 0) is 10.0 Å². The largest absolute Gasteiger partial charge is 0.240 e. The average molecular weight is 371 g/mol. The van der Waals surface area contributed by atoms with Crippen LogP contribution in [0.5, 0.6) is 0 Å². The van der Waals surface area contributed by atoms with Crippen LogP contribution in [-0.4, -0.2) is 20.8 Å². The van der Waals surface area contributed by atoms with E-state index >= 15 is 0 Å². The monoisotopic (exact) mass is 369 g/mol. The van der Waals surface area contributed by atoms with Gasteiger partial charge in [0.2, 0.25) is 10.0 Å². The third-order valence-corrected chi connectivity index (χ3v) is 6.56. The molecule has 0 aliphatic heterocycles. The van der Waals surface area contributed by atoms with E-state index in [9.17, 15) is 8.42 Å². The van der Waals surface area contributed by atoms with Crippen LogP contribution in [0, 0.1) is 11.8 Å². The van der Waals surface area contributed by atoms with Gasteiger partial charge in [-0.25, -0.2) is 13.1 Å². The van der Waals surface area contributed by atoms with Gasteiger partial charge in [0.15, 0.2) is 0 Å². The zero-order valence-corrected chi connectivity index (χ0v) is 14.6. The van der Waals surface area contributed by atoms with Crippen LogP contribution in [0.15, 0.2) is 23.1 Å². The Balaban J connectivity index is 2.05. The predicted octanol–water partition coefficient (Wildman–Crippen LogP) is 4.32. The van der Waals surface area contributed by atoms with Gasteiger partial charge in [-0.15, -0.1) is 11.6 Å². The summed E-state index contributed by atoms with van der Waals surface area (Å²) in [7, 11) is -3.57. The Morgan fingerprint density at radius 1 is 1.10 bits per heavy atom. The Morgan fingerprint density at radius 2 is 1.76 bits per heavy atom. The molecule has 118 valence electrons. The highest BCUT2D eigenvalue weighted by atomic mass is 35.5. The van der Waals surface area contributed by atoms with Crippen molar-refractivity contribution in [2.45, 2.75) is 30.6 Å². The fourth-order valence-corrected chi connectivity index (χ4v) is 4.59. The summed E-state index contributed by atoms with van der Waals surface area (Å²) in [6, 6.07) is 4.31. The topological polar surface area (TPSA) is 46.2 Å². The standard InChI is InChI=1S/C14H18Cl3NO2S/c15-8-10-3-1-2-4-11(10)9-18-21(19,20)12-5-6-13(16)14(17)7-12/h5-7,10-11,18H,1-4,8-9H2. The Kier molecular flexibility index (Phi) is 6.21. The maximum atomic E-state index is 12.3. The Labute approximate surface area is 141 Å². The summed E-state index contributed by atoms with van der Waals surface area (Å²) >= 11 is 17.6. The molecule has 1 aromatic carbocycles. The Morgan fingerprint density at radius 3 is 2.38 bits per heavy atom. The molecule has 1 saturated carbocycles. The van der Waals surface area contributed by atoms with Crippen molar-refractivity contribution < 1.29 is 8.42 Å². The Bertz CT molecular complexity index is 592. The zero-order chi connectivity index (χ0) is 15.5. The third kappa shape index (κ3) is 4.49. The molecule has 0 saturated heterocycles. The summed E-state index contributed by atoms with van der Waals surface area (Å²) in [4.78, 5) is 0.134. The maximum Gasteiger partial charge on any atom is 0.240 e. The number of alkyl halides is 1. The van der Waals surface area contributed by atoms with Crippen molar-refractivity contribution in [2.75, 3.05) is 12.4 Å². The minimum atomic E-state index is -3.57. The first-order valence-corrected chi connectivity index (χ1v) is 9.72. The number of hydrogen-bond acceptors (Lipinski definition) is 2. The second-order valence-corrected chi connectivity index (χ2v) is 8.28. The highest BCUT2D eigenvalue weighted by Gasteiger charge is 2.26. The van der Waals surface area contributed by atoms with Crippen LogP contribution in [0.1, 0.15) is 25.7 Å². The van der Waals surface area contributed by atoms with E-state index in [0.717, 1.165) is 19.3 Å². The van der Waals surface area contributed by atoms with Gasteiger partial charge in [0.05, 0.1) is 14.9 Å². The van der Waals surface area contributed by atoms with E-state index in [1.165, 1.54) is 24.6 Å². The smallest absolute Gasteiger partial charge is 0.211 e. The molecule has 1 N–H and O–H groups in total. The van der Waals surface area contributed by atoms with Crippen molar-refractivity contribution in [3.8, 4) is 0 Å². The number of sulfonamides is 1. The highest BCUT2D eigenvalue weighted by Crippen LogP contribution is 2.31. The maximum absolute atomic E-state index is 12.3. The van der Waals surface area contributed by atoms with Gasteiger partial charge in [-0.2, -0.15) is 0 Å². The number of rotatable bonds is 5. The lowest BCUT2D eigenvalue weighted by Gasteiger charge is -2.30. The van der Waals surface area contributed by atoms with Gasteiger partial charge >= 0.3 is 0 Å². The van der Waals surface area contributed by atoms with Crippen molar-refractivity contribution in [3.63, 3.8) is 0 Å². The molecular weight excluding hydrogens is 353 g/mol. The predicted molar refractivity (Wildman–Crippen MR) is 87.8 cm³/mol. The summed E-state index contributed by atoms with van der Waals surface area (Å²) < 4.78 is 27.2. The summed E-state index contributed by atoms with van der Waals surface area (Å²) in [6.07, 6.45) is 4.39. The fraction of sp³-hybridized carbons (Fsp3) is 0.571. The lowest BCUT2D eigenvalue weighted by atomic mass is 9.80. The molecule has 0 bridgehead atoms. The molecule has 1 fully saturated rings. The summed E-state index contributed by atoms with van der Waals surface area (Å²) in [6.45, 7) is 0.417. The van der Waals surface area contributed by atoms with Crippen LogP contribution in [0.3, 0.4) is 0 Å². The van der Waals surface area contributed by atoms with Gasteiger partial charge in [-0.1, -0.05) is 36.0 Å². The van der Waals surface area contributed by atoms with E-state index in [1.54, 1.807) is 0 Å². The minimum absolute atomic E-state index is 0.134. The van der Waals surface area contributed by atoms with Crippen molar-refractivity contribution in [1.82, 2.24) is 4.72 Å². The molecule has 2 atom stereocenters. The molecule has 0 aromatic heterocycles. The van der Waals surface area contributed by atoms with E-state index in [2.05, 4.69) is 4.72 Å². The quantitative estimate of drug-likeness (QED) is 0.785. The second kappa shape index (κ2) is 7.51. The van der Waals surface area contributed by atoms with Crippen LogP contribution >= 0.6 is 34.8 Å². The normalized spacial score (nSPS) is 23.2. The van der Waals surface area contributed by atoms with E-state index in [4.69, 9.17) is 34.8 Å².